The van der Waals surface area contributed by atoms with E-state index in [2.05, 4.69) is 38.2 Å². The number of carbonyl (C=O) groups is 1. The van der Waals surface area contributed by atoms with Crippen LogP contribution in [0, 0.1) is 12.3 Å². The van der Waals surface area contributed by atoms with Gasteiger partial charge in [0.1, 0.15) is 5.82 Å². The predicted molar refractivity (Wildman–Crippen MR) is 120 cm³/mol. The number of hydrogen-bond acceptors (Lipinski definition) is 5. The van der Waals surface area contributed by atoms with Crippen LogP contribution >= 0.6 is 0 Å². The lowest BCUT2D eigenvalue weighted by Gasteiger charge is -2.36. The SMILES string of the molecule is CCOC(=O)C1=C(C)Nc2nc3c(c(N)c2C1c1ccccc1C)CC(C)(C)CC3. The normalized spacial score (nSPS) is 19.6. The molecule has 1 aliphatic carbocycles. The van der Waals surface area contributed by atoms with Crippen LogP contribution in [0.15, 0.2) is 35.5 Å². The van der Waals surface area contributed by atoms with E-state index in [-0.39, 0.29) is 17.3 Å². The molecule has 1 aliphatic heterocycles. The Morgan fingerprint density at radius 3 is 2.73 bits per heavy atom. The summed E-state index contributed by atoms with van der Waals surface area (Å²) in [7, 11) is 0. The molecule has 158 valence electrons. The van der Waals surface area contributed by atoms with E-state index in [1.54, 1.807) is 0 Å². The topological polar surface area (TPSA) is 77.2 Å². The van der Waals surface area contributed by atoms with Gasteiger partial charge in [-0.3, -0.25) is 0 Å². The first-order valence-corrected chi connectivity index (χ1v) is 10.7. The molecule has 30 heavy (non-hydrogen) atoms. The Morgan fingerprint density at radius 2 is 2.03 bits per heavy atom. The molecule has 0 saturated heterocycles. The summed E-state index contributed by atoms with van der Waals surface area (Å²) in [6, 6.07) is 8.16. The zero-order valence-corrected chi connectivity index (χ0v) is 18.6. The molecule has 0 amide bonds. The smallest absolute Gasteiger partial charge is 0.336 e. The van der Waals surface area contributed by atoms with Crippen molar-refractivity contribution >= 4 is 17.5 Å². The second kappa shape index (κ2) is 7.46. The molecule has 2 aliphatic rings. The fourth-order valence-corrected chi connectivity index (χ4v) is 4.83. The lowest BCUT2D eigenvalue weighted by Crippen LogP contribution is -2.30. The number of ether oxygens (including phenoxy) is 1. The Balaban J connectivity index is 1.98. The minimum Gasteiger partial charge on any atom is -0.463 e. The molecular weight excluding hydrogens is 374 g/mol. The van der Waals surface area contributed by atoms with E-state index in [1.807, 2.05) is 26.0 Å². The molecule has 2 aromatic rings. The van der Waals surface area contributed by atoms with Crippen molar-refractivity contribution in [1.82, 2.24) is 4.98 Å². The van der Waals surface area contributed by atoms with Gasteiger partial charge in [0.25, 0.3) is 0 Å². The maximum Gasteiger partial charge on any atom is 0.336 e. The van der Waals surface area contributed by atoms with Crippen molar-refractivity contribution in [1.29, 1.82) is 0 Å². The number of allylic oxidation sites excluding steroid dienone is 1. The first-order chi connectivity index (χ1) is 14.2. The average Bonchev–Trinajstić information content (AvgIpc) is 2.68. The van der Waals surface area contributed by atoms with Crippen LogP contribution in [-0.2, 0) is 22.4 Å². The van der Waals surface area contributed by atoms with E-state index in [1.165, 1.54) is 0 Å². The molecule has 0 fully saturated rings. The molecule has 0 bridgehead atoms. The van der Waals surface area contributed by atoms with Crippen molar-refractivity contribution in [3.8, 4) is 0 Å². The number of carbonyl (C=O) groups excluding carboxylic acids is 1. The van der Waals surface area contributed by atoms with Crippen molar-refractivity contribution in [2.24, 2.45) is 5.41 Å². The van der Waals surface area contributed by atoms with Gasteiger partial charge in [0.05, 0.1) is 12.2 Å². The molecule has 1 atom stereocenters. The van der Waals surface area contributed by atoms with E-state index in [9.17, 15) is 4.79 Å². The molecule has 3 N–H and O–H groups in total. The van der Waals surface area contributed by atoms with Gasteiger partial charge < -0.3 is 15.8 Å². The fraction of sp³-hybridized carbons (Fsp3) is 0.440. The zero-order chi connectivity index (χ0) is 21.6. The third kappa shape index (κ3) is 3.36. The van der Waals surface area contributed by atoms with Crippen LogP contribution in [0.25, 0.3) is 0 Å². The maximum atomic E-state index is 13.0. The summed E-state index contributed by atoms with van der Waals surface area (Å²) >= 11 is 0. The number of anilines is 2. The number of hydrogen-bond donors (Lipinski definition) is 2. The number of aryl methyl sites for hydroxylation is 2. The summed E-state index contributed by atoms with van der Waals surface area (Å²) in [4.78, 5) is 18.0. The molecule has 5 heteroatoms. The number of benzene rings is 1. The second-order valence-electron chi connectivity index (χ2n) is 9.23. The number of nitrogens with zero attached hydrogens (tertiary/aromatic N) is 1. The van der Waals surface area contributed by atoms with Crippen LogP contribution < -0.4 is 11.1 Å². The van der Waals surface area contributed by atoms with Gasteiger partial charge in [0, 0.05) is 28.6 Å². The number of aromatic nitrogens is 1. The van der Waals surface area contributed by atoms with Gasteiger partial charge in [-0.05, 0) is 62.1 Å². The molecule has 1 unspecified atom stereocenters. The summed E-state index contributed by atoms with van der Waals surface area (Å²) in [5.41, 5.74) is 14.5. The van der Waals surface area contributed by atoms with Gasteiger partial charge in [-0.25, -0.2) is 9.78 Å². The Hall–Kier alpha value is -2.82. The molecule has 0 radical (unpaired) electrons. The number of esters is 1. The van der Waals surface area contributed by atoms with Crippen LogP contribution in [0.1, 0.15) is 68.0 Å². The van der Waals surface area contributed by atoms with Gasteiger partial charge in [-0.1, -0.05) is 38.1 Å². The van der Waals surface area contributed by atoms with E-state index >= 15 is 0 Å². The van der Waals surface area contributed by atoms with Crippen LogP contribution in [0.4, 0.5) is 11.5 Å². The average molecular weight is 406 g/mol. The Morgan fingerprint density at radius 1 is 1.30 bits per heavy atom. The van der Waals surface area contributed by atoms with Gasteiger partial charge >= 0.3 is 5.97 Å². The summed E-state index contributed by atoms with van der Waals surface area (Å²) < 4.78 is 5.45. The highest BCUT2D eigenvalue weighted by Crippen LogP contribution is 2.48. The monoisotopic (exact) mass is 405 g/mol. The Bertz CT molecular complexity index is 1050. The van der Waals surface area contributed by atoms with Crippen LogP contribution in [0.3, 0.4) is 0 Å². The quantitative estimate of drug-likeness (QED) is 0.712. The maximum absolute atomic E-state index is 13.0. The summed E-state index contributed by atoms with van der Waals surface area (Å²) in [5.74, 6) is 0.160. The Kier molecular flexibility index (Phi) is 5.08. The number of pyridine rings is 1. The van der Waals surface area contributed by atoms with Crippen LogP contribution in [-0.4, -0.2) is 17.6 Å². The van der Waals surface area contributed by atoms with Gasteiger partial charge in [0.2, 0.25) is 0 Å². The third-order valence-electron chi connectivity index (χ3n) is 6.44. The van der Waals surface area contributed by atoms with Crippen LogP contribution in [0.2, 0.25) is 0 Å². The van der Waals surface area contributed by atoms with Crippen molar-refractivity contribution in [3.63, 3.8) is 0 Å². The fourth-order valence-electron chi connectivity index (χ4n) is 4.83. The van der Waals surface area contributed by atoms with E-state index < -0.39 is 0 Å². The lowest BCUT2D eigenvalue weighted by molar-refractivity contribution is -0.138. The molecular formula is C25H31N3O2. The van der Waals surface area contributed by atoms with Gasteiger partial charge in [-0.2, -0.15) is 0 Å². The number of nitrogens with two attached hydrogens (primary N) is 1. The highest BCUT2D eigenvalue weighted by atomic mass is 16.5. The second-order valence-corrected chi connectivity index (χ2v) is 9.23. The molecule has 1 aromatic carbocycles. The molecule has 2 heterocycles. The van der Waals surface area contributed by atoms with E-state index in [0.717, 1.165) is 64.4 Å². The standard InChI is InChI=1S/C25H31N3O2/c1-6-30-24(29)19-15(3)27-23-21(20(19)16-10-8-7-9-14(16)2)22(26)17-13-25(4,5)12-11-18(17)28-23/h7-10,20H,6,11-13H2,1-5H3,(H3,26,27,28). The van der Waals surface area contributed by atoms with E-state index in [4.69, 9.17) is 15.5 Å². The van der Waals surface area contributed by atoms with Crippen LogP contribution in [0.5, 0.6) is 0 Å². The predicted octanol–water partition coefficient (Wildman–Crippen LogP) is 4.88. The lowest BCUT2D eigenvalue weighted by atomic mass is 9.73. The number of rotatable bonds is 3. The van der Waals surface area contributed by atoms with Crippen molar-refractivity contribution < 1.29 is 9.53 Å². The van der Waals surface area contributed by atoms with Gasteiger partial charge in [-0.15, -0.1) is 0 Å². The number of nitrogen functional groups attached to an aromatic ring is 1. The zero-order valence-electron chi connectivity index (χ0n) is 18.6. The summed E-state index contributed by atoms with van der Waals surface area (Å²) in [6.07, 6.45) is 2.91. The highest BCUT2D eigenvalue weighted by Gasteiger charge is 2.39. The summed E-state index contributed by atoms with van der Waals surface area (Å²) in [6.45, 7) is 10.7. The number of fused-ring (bicyclic) bond motifs is 2. The number of nitrogens with one attached hydrogen (secondary N) is 1. The minimum absolute atomic E-state index is 0.188. The molecule has 5 nitrogen and oxygen atoms in total. The van der Waals surface area contributed by atoms with Crippen molar-refractivity contribution in [2.45, 2.75) is 59.8 Å². The first kappa shape index (κ1) is 20.5. The molecule has 1 aromatic heterocycles. The Labute approximate surface area is 178 Å². The third-order valence-corrected chi connectivity index (χ3v) is 6.44. The van der Waals surface area contributed by atoms with Crippen molar-refractivity contribution in [2.75, 3.05) is 17.7 Å². The first-order valence-electron chi connectivity index (χ1n) is 10.7. The largest absolute Gasteiger partial charge is 0.463 e. The molecule has 4 rings (SSSR count). The van der Waals surface area contributed by atoms with E-state index in [0.29, 0.717) is 12.2 Å². The van der Waals surface area contributed by atoms with Crippen molar-refractivity contribution in [3.05, 3.63) is 63.5 Å². The molecule has 0 saturated carbocycles. The summed E-state index contributed by atoms with van der Waals surface area (Å²) in [5, 5.41) is 3.37. The minimum atomic E-state index is -0.307. The highest BCUT2D eigenvalue weighted by molar-refractivity contribution is 5.95. The molecule has 0 spiro atoms. The van der Waals surface area contributed by atoms with Gasteiger partial charge in [0.15, 0.2) is 0 Å².